The molecule has 1 fully saturated rings. The van der Waals surface area contributed by atoms with E-state index in [0.717, 1.165) is 90.2 Å². The Morgan fingerprint density at radius 2 is 2.00 bits per heavy atom. The number of carboxylic acid groups (broad SMARTS) is 1. The molecule has 0 spiro atoms. The van der Waals surface area contributed by atoms with E-state index in [0.29, 0.717) is 17.4 Å². The summed E-state index contributed by atoms with van der Waals surface area (Å²) in [5.74, 6) is -0.108. The fraction of sp³-hybridized carbons (Fsp3) is 0.533. The molecule has 37 heavy (non-hydrogen) atoms. The molecule has 0 saturated carbocycles. The highest BCUT2D eigenvalue weighted by Crippen LogP contribution is 2.43. The summed E-state index contributed by atoms with van der Waals surface area (Å²) in [5, 5.41) is 11.4. The zero-order valence-corrected chi connectivity index (χ0v) is 22.8. The van der Waals surface area contributed by atoms with E-state index in [2.05, 4.69) is 24.5 Å². The number of carbonyl (C=O) groups is 1. The molecular weight excluding hydrogens is 468 g/mol. The van der Waals surface area contributed by atoms with Crippen LogP contribution in [0.25, 0.3) is 22.2 Å². The summed E-state index contributed by atoms with van der Waals surface area (Å²) < 4.78 is 20.0. The average molecular weight is 507 g/mol. The molecule has 2 atom stereocenters. The van der Waals surface area contributed by atoms with Crippen LogP contribution in [-0.4, -0.2) is 45.5 Å². The summed E-state index contributed by atoms with van der Waals surface area (Å²) in [5.41, 5.74) is 6.81. The van der Waals surface area contributed by atoms with Crippen molar-refractivity contribution in [2.24, 2.45) is 0 Å². The van der Waals surface area contributed by atoms with Crippen LogP contribution in [0.5, 0.6) is 5.75 Å². The van der Waals surface area contributed by atoms with E-state index in [9.17, 15) is 9.90 Å². The summed E-state index contributed by atoms with van der Waals surface area (Å²) in [4.78, 5) is 17.7. The fourth-order valence-corrected chi connectivity index (χ4v) is 5.58. The highest BCUT2D eigenvalue weighted by atomic mass is 16.5. The predicted octanol–water partition coefficient (Wildman–Crippen LogP) is 6.07. The second-order valence-corrected chi connectivity index (χ2v) is 11.3. The van der Waals surface area contributed by atoms with Gasteiger partial charge in [-0.25, -0.2) is 9.78 Å². The summed E-state index contributed by atoms with van der Waals surface area (Å²) in [7, 11) is 0. The number of carboxylic acids is 1. The number of hydrogen-bond donors (Lipinski definition) is 1. The number of nitrogens with zero attached hydrogens (tertiary/aromatic N) is 2. The van der Waals surface area contributed by atoms with Gasteiger partial charge in [-0.1, -0.05) is 6.07 Å². The molecule has 2 aliphatic rings. The monoisotopic (exact) mass is 506 g/mol. The standard InChI is InChI=1S/C30H38N2O5/c1-17-19(3)32(13-11-22-12-15-35-22)28-24(17)26(21-9-10-23-20(16-21)8-7-14-36-23)25(18(2)31-28)27(29(33)34)37-30(4,5)6/h9-10,16,22,27H,7-8,11-15H2,1-6H3,(H,33,34)/t22?,27-/m0/s1. The molecule has 0 bridgehead atoms. The highest BCUT2D eigenvalue weighted by molar-refractivity contribution is 6.00. The topological polar surface area (TPSA) is 82.8 Å². The van der Waals surface area contributed by atoms with Crippen LogP contribution >= 0.6 is 0 Å². The second kappa shape index (κ2) is 9.76. The van der Waals surface area contributed by atoms with Crippen LogP contribution in [-0.2, 0) is 27.2 Å². The van der Waals surface area contributed by atoms with Crippen molar-refractivity contribution in [3.63, 3.8) is 0 Å². The van der Waals surface area contributed by atoms with Gasteiger partial charge in [-0.05, 0) is 96.0 Å². The van der Waals surface area contributed by atoms with Crippen molar-refractivity contribution in [3.05, 3.63) is 46.3 Å². The third-order valence-corrected chi connectivity index (χ3v) is 7.61. The first kappa shape index (κ1) is 25.7. The van der Waals surface area contributed by atoms with Gasteiger partial charge >= 0.3 is 5.97 Å². The highest BCUT2D eigenvalue weighted by Gasteiger charge is 2.34. The number of rotatable bonds is 7. The Balaban J connectivity index is 1.77. The van der Waals surface area contributed by atoms with Crippen molar-refractivity contribution in [2.75, 3.05) is 13.2 Å². The third-order valence-electron chi connectivity index (χ3n) is 7.61. The van der Waals surface area contributed by atoms with Crippen LogP contribution in [0.2, 0.25) is 0 Å². The van der Waals surface area contributed by atoms with Crippen LogP contribution in [0.4, 0.5) is 0 Å². The van der Waals surface area contributed by atoms with E-state index in [1.54, 1.807) is 0 Å². The molecule has 1 aromatic carbocycles. The lowest BCUT2D eigenvalue weighted by Gasteiger charge is -2.28. The van der Waals surface area contributed by atoms with Crippen molar-refractivity contribution < 1.29 is 24.1 Å². The van der Waals surface area contributed by atoms with Gasteiger partial charge in [0.05, 0.1) is 18.3 Å². The molecule has 5 rings (SSSR count). The first-order chi connectivity index (χ1) is 17.5. The van der Waals surface area contributed by atoms with Crippen molar-refractivity contribution in [2.45, 2.75) is 91.6 Å². The number of benzene rings is 1. The summed E-state index contributed by atoms with van der Waals surface area (Å²) in [6, 6.07) is 6.23. The van der Waals surface area contributed by atoms with Crippen LogP contribution in [0.3, 0.4) is 0 Å². The molecule has 3 aromatic rings. The molecule has 2 aliphatic heterocycles. The summed E-state index contributed by atoms with van der Waals surface area (Å²) in [6.45, 7) is 14.2. The fourth-order valence-electron chi connectivity index (χ4n) is 5.58. The molecule has 198 valence electrons. The van der Waals surface area contributed by atoms with Crippen molar-refractivity contribution in [3.8, 4) is 16.9 Å². The number of fused-ring (bicyclic) bond motifs is 2. The summed E-state index contributed by atoms with van der Waals surface area (Å²) in [6.07, 6.45) is 3.09. The number of pyridine rings is 1. The quantitative estimate of drug-likeness (QED) is 0.419. The van der Waals surface area contributed by atoms with Gasteiger partial charge in [0, 0.05) is 41.1 Å². The Bertz CT molecular complexity index is 1350. The molecule has 2 aromatic heterocycles. The molecule has 0 amide bonds. The average Bonchev–Trinajstić information content (AvgIpc) is 3.04. The second-order valence-electron chi connectivity index (χ2n) is 11.3. The lowest BCUT2D eigenvalue weighted by Crippen LogP contribution is -2.28. The number of aryl methyl sites for hydroxylation is 4. The smallest absolute Gasteiger partial charge is 0.337 e. The largest absolute Gasteiger partial charge is 0.493 e. The van der Waals surface area contributed by atoms with Gasteiger partial charge in [0.1, 0.15) is 11.4 Å². The Labute approximate surface area is 218 Å². The lowest BCUT2D eigenvalue weighted by atomic mass is 9.89. The molecule has 4 heterocycles. The number of ether oxygens (including phenoxy) is 3. The zero-order chi connectivity index (χ0) is 26.5. The molecule has 0 aliphatic carbocycles. The molecule has 1 N–H and O–H groups in total. The first-order valence-corrected chi connectivity index (χ1v) is 13.3. The molecule has 1 saturated heterocycles. The Morgan fingerprint density at radius 1 is 1.24 bits per heavy atom. The van der Waals surface area contributed by atoms with Crippen molar-refractivity contribution in [1.29, 1.82) is 0 Å². The first-order valence-electron chi connectivity index (χ1n) is 13.3. The number of hydrogen-bond acceptors (Lipinski definition) is 5. The van der Waals surface area contributed by atoms with Gasteiger partial charge in [0.25, 0.3) is 0 Å². The Morgan fingerprint density at radius 3 is 2.65 bits per heavy atom. The van der Waals surface area contributed by atoms with Crippen molar-refractivity contribution >= 4 is 17.0 Å². The molecule has 7 heteroatoms. The lowest BCUT2D eigenvalue weighted by molar-refractivity contribution is -0.160. The zero-order valence-electron chi connectivity index (χ0n) is 22.8. The van der Waals surface area contributed by atoms with Gasteiger partial charge in [0.2, 0.25) is 0 Å². The van der Waals surface area contributed by atoms with E-state index in [-0.39, 0.29) is 0 Å². The van der Waals surface area contributed by atoms with E-state index in [4.69, 9.17) is 19.2 Å². The minimum Gasteiger partial charge on any atom is -0.493 e. The Hall–Kier alpha value is -2.90. The normalized spacial score (nSPS) is 18.3. The minimum atomic E-state index is -1.15. The van der Waals surface area contributed by atoms with E-state index < -0.39 is 17.7 Å². The Kier molecular flexibility index (Phi) is 6.79. The van der Waals surface area contributed by atoms with E-state index in [1.165, 1.54) is 0 Å². The third kappa shape index (κ3) is 4.87. The molecule has 0 radical (unpaired) electrons. The predicted molar refractivity (Wildman–Crippen MR) is 143 cm³/mol. The van der Waals surface area contributed by atoms with E-state index >= 15 is 0 Å². The van der Waals surface area contributed by atoms with Gasteiger partial charge in [-0.2, -0.15) is 0 Å². The van der Waals surface area contributed by atoms with Gasteiger partial charge < -0.3 is 23.9 Å². The minimum absolute atomic E-state index is 0.300. The maximum atomic E-state index is 12.7. The molecule has 1 unspecified atom stereocenters. The molecule has 7 nitrogen and oxygen atoms in total. The number of aromatic nitrogens is 2. The van der Waals surface area contributed by atoms with Crippen LogP contribution < -0.4 is 4.74 Å². The summed E-state index contributed by atoms with van der Waals surface area (Å²) >= 11 is 0. The number of aliphatic carboxylic acids is 1. The van der Waals surface area contributed by atoms with E-state index in [1.807, 2.05) is 39.8 Å². The van der Waals surface area contributed by atoms with Crippen molar-refractivity contribution in [1.82, 2.24) is 9.55 Å². The maximum absolute atomic E-state index is 12.7. The SMILES string of the molecule is Cc1nc2c(c(C)c(C)n2CCC2CCO2)c(-c2ccc3c(c2)CCCO3)c1[C@H](OC(C)(C)C)C(=O)O. The van der Waals surface area contributed by atoms with Gasteiger partial charge in [-0.3, -0.25) is 0 Å². The van der Waals surface area contributed by atoms with Crippen LogP contribution in [0, 0.1) is 20.8 Å². The van der Waals surface area contributed by atoms with Crippen LogP contribution in [0.1, 0.15) is 74.2 Å². The van der Waals surface area contributed by atoms with Gasteiger partial charge in [-0.15, -0.1) is 0 Å². The van der Waals surface area contributed by atoms with Gasteiger partial charge in [0.15, 0.2) is 6.10 Å². The molecular formula is C30H38N2O5. The van der Waals surface area contributed by atoms with Crippen LogP contribution in [0.15, 0.2) is 18.2 Å². The maximum Gasteiger partial charge on any atom is 0.337 e.